The Morgan fingerprint density at radius 3 is 2.45 bits per heavy atom. The van der Waals surface area contributed by atoms with Crippen molar-refractivity contribution in [3.63, 3.8) is 0 Å². The fourth-order valence-electron chi connectivity index (χ4n) is 2.92. The molecule has 1 saturated heterocycles. The number of benzene rings is 2. The first kappa shape index (κ1) is 22.1. The predicted octanol–water partition coefficient (Wildman–Crippen LogP) is 4.25. The van der Waals surface area contributed by atoms with Gasteiger partial charge >= 0.3 is 0 Å². The van der Waals surface area contributed by atoms with Crippen LogP contribution in [-0.4, -0.2) is 31.9 Å². The number of carbonyl (C=O) groups excluding carboxylic acids is 1. The lowest BCUT2D eigenvalue weighted by molar-refractivity contribution is -0.118. The minimum Gasteiger partial charge on any atom is -0.325 e. The van der Waals surface area contributed by atoms with Crippen LogP contribution in [0.15, 0.2) is 53.4 Å². The molecule has 0 aliphatic carbocycles. The molecule has 1 aliphatic heterocycles. The number of anilines is 1. The number of thioether (sulfide) groups is 2. The van der Waals surface area contributed by atoms with Gasteiger partial charge in [0.15, 0.2) is 0 Å². The van der Waals surface area contributed by atoms with Gasteiger partial charge in [0.25, 0.3) is 0 Å². The standard InChI is InChI=1S/C20H23FN2O3S3/c1-13(2)18(23-29(25,26)17-9-4-3-8-16(17)21)19(24)22-15-7-5-6-14(12-15)20-27-10-11-28-20/h3-9,12-13,18,20,23H,10-11H2,1-2H3,(H,22,24)/t18-/m0/s1. The van der Waals surface area contributed by atoms with Crippen molar-refractivity contribution in [2.24, 2.45) is 5.92 Å². The SMILES string of the molecule is CC(C)[C@H](NS(=O)(=O)c1ccccc1F)C(=O)Nc1cccc(C2SCCS2)c1. The summed E-state index contributed by atoms with van der Waals surface area (Å²) in [5, 5.41) is 2.80. The molecule has 0 unspecified atom stereocenters. The molecular weight excluding hydrogens is 431 g/mol. The molecule has 5 nitrogen and oxygen atoms in total. The number of hydrogen-bond donors (Lipinski definition) is 2. The summed E-state index contributed by atoms with van der Waals surface area (Å²) in [6.07, 6.45) is 0. The van der Waals surface area contributed by atoms with Gasteiger partial charge in [0.2, 0.25) is 15.9 Å². The molecule has 2 N–H and O–H groups in total. The summed E-state index contributed by atoms with van der Waals surface area (Å²) in [5.41, 5.74) is 1.72. The van der Waals surface area contributed by atoms with Crippen molar-refractivity contribution >= 4 is 45.1 Å². The lowest BCUT2D eigenvalue weighted by atomic mass is 10.0. The Kier molecular flexibility index (Phi) is 7.26. The third-order valence-electron chi connectivity index (χ3n) is 4.41. The number of carbonyl (C=O) groups is 1. The summed E-state index contributed by atoms with van der Waals surface area (Å²) in [6, 6.07) is 11.6. The van der Waals surface area contributed by atoms with Crippen molar-refractivity contribution in [1.29, 1.82) is 0 Å². The van der Waals surface area contributed by atoms with E-state index < -0.39 is 32.7 Å². The first-order chi connectivity index (χ1) is 13.8. The zero-order chi connectivity index (χ0) is 21.0. The predicted molar refractivity (Wildman–Crippen MR) is 118 cm³/mol. The minimum absolute atomic E-state index is 0.333. The molecule has 9 heteroatoms. The fraction of sp³-hybridized carbons (Fsp3) is 0.350. The molecule has 1 atom stereocenters. The molecule has 0 radical (unpaired) electrons. The van der Waals surface area contributed by atoms with Gasteiger partial charge in [-0.1, -0.05) is 38.1 Å². The molecule has 0 aromatic heterocycles. The summed E-state index contributed by atoms with van der Waals surface area (Å²) in [7, 11) is -4.19. The monoisotopic (exact) mass is 454 g/mol. The van der Waals surface area contributed by atoms with Gasteiger partial charge < -0.3 is 5.32 Å². The minimum atomic E-state index is -4.19. The van der Waals surface area contributed by atoms with E-state index in [1.165, 1.54) is 18.2 Å². The smallest absolute Gasteiger partial charge is 0.244 e. The molecule has 29 heavy (non-hydrogen) atoms. The van der Waals surface area contributed by atoms with Crippen LogP contribution < -0.4 is 10.0 Å². The molecule has 0 saturated carbocycles. The molecule has 0 spiro atoms. The summed E-state index contributed by atoms with van der Waals surface area (Å²) < 4.78 is 41.9. The highest BCUT2D eigenvalue weighted by Gasteiger charge is 2.30. The van der Waals surface area contributed by atoms with Crippen LogP contribution in [0.25, 0.3) is 0 Å². The van der Waals surface area contributed by atoms with E-state index in [0.29, 0.717) is 10.3 Å². The Bertz CT molecular complexity index is 976. The van der Waals surface area contributed by atoms with Gasteiger partial charge in [0.1, 0.15) is 16.8 Å². The zero-order valence-corrected chi connectivity index (χ0v) is 18.5. The van der Waals surface area contributed by atoms with Crippen LogP contribution in [0.4, 0.5) is 10.1 Å². The highest BCUT2D eigenvalue weighted by atomic mass is 32.2. The molecule has 1 amide bonds. The Hall–Kier alpha value is -1.55. The molecule has 2 aromatic rings. The third kappa shape index (κ3) is 5.53. The molecule has 156 valence electrons. The number of hydrogen-bond acceptors (Lipinski definition) is 5. The Labute approximate surface area is 179 Å². The Balaban J connectivity index is 1.77. The van der Waals surface area contributed by atoms with Crippen molar-refractivity contribution in [3.05, 3.63) is 59.9 Å². The summed E-state index contributed by atoms with van der Waals surface area (Å²) in [6.45, 7) is 3.46. The van der Waals surface area contributed by atoms with Crippen molar-refractivity contribution < 1.29 is 17.6 Å². The number of rotatable bonds is 7. The maximum absolute atomic E-state index is 14.0. The van der Waals surface area contributed by atoms with E-state index in [1.54, 1.807) is 19.9 Å². The second kappa shape index (κ2) is 9.51. The van der Waals surface area contributed by atoms with Crippen molar-refractivity contribution in [2.75, 3.05) is 16.8 Å². The first-order valence-electron chi connectivity index (χ1n) is 9.19. The van der Waals surface area contributed by atoms with E-state index in [-0.39, 0.29) is 5.92 Å². The highest BCUT2D eigenvalue weighted by molar-refractivity contribution is 8.19. The third-order valence-corrected chi connectivity index (χ3v) is 8.98. The van der Waals surface area contributed by atoms with Gasteiger partial charge in [-0.3, -0.25) is 4.79 Å². The van der Waals surface area contributed by atoms with Crippen LogP contribution in [0, 0.1) is 11.7 Å². The van der Waals surface area contributed by atoms with Crippen molar-refractivity contribution in [2.45, 2.75) is 29.4 Å². The van der Waals surface area contributed by atoms with E-state index in [2.05, 4.69) is 10.0 Å². The number of amides is 1. The zero-order valence-electron chi connectivity index (χ0n) is 16.1. The number of nitrogens with one attached hydrogen (secondary N) is 2. The lowest BCUT2D eigenvalue weighted by Gasteiger charge is -2.22. The Morgan fingerprint density at radius 2 is 1.79 bits per heavy atom. The number of sulfonamides is 1. The van der Waals surface area contributed by atoms with E-state index in [1.807, 2.05) is 41.7 Å². The molecule has 2 aromatic carbocycles. The lowest BCUT2D eigenvalue weighted by Crippen LogP contribution is -2.47. The summed E-state index contributed by atoms with van der Waals surface area (Å²) in [5.74, 6) is 0.518. The molecule has 1 aliphatic rings. The van der Waals surface area contributed by atoms with Crippen LogP contribution >= 0.6 is 23.5 Å². The van der Waals surface area contributed by atoms with Gasteiger partial charge in [-0.05, 0) is 35.7 Å². The topological polar surface area (TPSA) is 75.3 Å². The van der Waals surface area contributed by atoms with Crippen molar-refractivity contribution in [1.82, 2.24) is 4.72 Å². The van der Waals surface area contributed by atoms with Crippen LogP contribution in [0.3, 0.4) is 0 Å². The van der Waals surface area contributed by atoms with Gasteiger partial charge in [-0.2, -0.15) is 4.72 Å². The van der Waals surface area contributed by atoms with Gasteiger partial charge in [-0.15, -0.1) is 23.5 Å². The molecule has 1 heterocycles. The maximum atomic E-state index is 14.0. The van der Waals surface area contributed by atoms with Crippen LogP contribution in [0.1, 0.15) is 24.0 Å². The van der Waals surface area contributed by atoms with Crippen molar-refractivity contribution in [3.8, 4) is 0 Å². The van der Waals surface area contributed by atoms with E-state index in [9.17, 15) is 17.6 Å². The molecular formula is C20H23FN2O3S3. The highest BCUT2D eigenvalue weighted by Crippen LogP contribution is 2.45. The van der Waals surface area contributed by atoms with E-state index in [0.717, 1.165) is 23.1 Å². The van der Waals surface area contributed by atoms with Gasteiger partial charge in [0.05, 0.1) is 4.58 Å². The normalized spacial score (nSPS) is 16.1. The molecule has 1 fully saturated rings. The first-order valence-corrected chi connectivity index (χ1v) is 12.8. The van der Waals surface area contributed by atoms with Gasteiger partial charge in [-0.25, -0.2) is 12.8 Å². The van der Waals surface area contributed by atoms with E-state index >= 15 is 0 Å². The number of halogens is 1. The van der Waals surface area contributed by atoms with Crippen LogP contribution in [0.2, 0.25) is 0 Å². The Morgan fingerprint density at radius 1 is 1.10 bits per heavy atom. The average Bonchev–Trinajstić information content (AvgIpc) is 3.21. The molecule has 3 rings (SSSR count). The maximum Gasteiger partial charge on any atom is 0.244 e. The van der Waals surface area contributed by atoms with Crippen LogP contribution in [0.5, 0.6) is 0 Å². The largest absolute Gasteiger partial charge is 0.325 e. The summed E-state index contributed by atoms with van der Waals surface area (Å²) >= 11 is 3.73. The fourth-order valence-corrected chi connectivity index (χ4v) is 7.18. The summed E-state index contributed by atoms with van der Waals surface area (Å²) in [4.78, 5) is 12.4. The molecule has 0 bridgehead atoms. The second-order valence-electron chi connectivity index (χ2n) is 6.96. The second-order valence-corrected chi connectivity index (χ2v) is 11.4. The van der Waals surface area contributed by atoms with Crippen LogP contribution in [-0.2, 0) is 14.8 Å². The van der Waals surface area contributed by atoms with Gasteiger partial charge in [0, 0.05) is 17.2 Å². The average molecular weight is 455 g/mol. The quantitative estimate of drug-likeness (QED) is 0.654. The van der Waals surface area contributed by atoms with E-state index in [4.69, 9.17) is 0 Å².